The largest absolute Gasteiger partial charge is 0.488 e. The maximum absolute atomic E-state index is 13.7. The van der Waals surface area contributed by atoms with E-state index in [1.807, 2.05) is 37.3 Å². The minimum Gasteiger partial charge on any atom is -0.488 e. The zero-order chi connectivity index (χ0) is 26.0. The molecule has 2 aliphatic heterocycles. The zero-order valence-corrected chi connectivity index (χ0v) is 22.3. The molecule has 3 aromatic rings. The van der Waals surface area contributed by atoms with Crippen LogP contribution in [0.25, 0.3) is 22.3 Å². The van der Waals surface area contributed by atoms with Crippen molar-refractivity contribution in [2.24, 2.45) is 0 Å². The summed E-state index contributed by atoms with van der Waals surface area (Å²) in [5.41, 5.74) is 0.863. The van der Waals surface area contributed by atoms with Crippen LogP contribution >= 0.6 is 0 Å². The van der Waals surface area contributed by atoms with E-state index >= 15 is 0 Å². The Kier molecular flexibility index (Phi) is 5.85. The van der Waals surface area contributed by atoms with E-state index < -0.39 is 19.6 Å². The van der Waals surface area contributed by atoms with Crippen LogP contribution < -0.4 is 10.3 Å². The summed E-state index contributed by atoms with van der Waals surface area (Å²) in [5.74, 6) is -0.489. The molecule has 2 aromatic heterocycles. The number of pyridine rings is 2. The van der Waals surface area contributed by atoms with Gasteiger partial charge >= 0.3 is 5.97 Å². The molecule has 0 fully saturated rings. The molecule has 0 saturated heterocycles. The molecule has 0 aliphatic carbocycles. The summed E-state index contributed by atoms with van der Waals surface area (Å²) in [6.07, 6.45) is -0.223. The quantitative estimate of drug-likeness (QED) is 0.303. The summed E-state index contributed by atoms with van der Waals surface area (Å²) in [5, 5.41) is 22.5. The number of carbonyl (C=O) groups is 1. The molecule has 0 bridgehead atoms. The van der Waals surface area contributed by atoms with Crippen LogP contribution in [0.2, 0.25) is 18.6 Å². The third-order valence-corrected chi connectivity index (χ3v) is 11.9. The number of carbonyl (C=O) groups excluding carboxylic acids is 1. The fraction of sp³-hybridized carbons (Fsp3) is 0.444. The Morgan fingerprint density at radius 2 is 1.97 bits per heavy atom. The smallest absolute Gasteiger partial charge is 0.343 e. The predicted octanol–water partition coefficient (Wildman–Crippen LogP) is 3.48. The minimum absolute atomic E-state index is 0.0247. The standard InChI is InChI=1S/C27H32N2O6Si/c1-6-27(33)21-19(13-34-26(27)32)25(31)29-12-18-11-17-9-7-8-10-20(17)28-22(18)23(29)24(21)35-15(2)16(3)36(4,5)14-30/h7-11,15-16,30,33H,6,12-14H2,1-5H3/t15?,16?,27-/m0/s1. The summed E-state index contributed by atoms with van der Waals surface area (Å²) < 4.78 is 13.5. The van der Waals surface area contributed by atoms with E-state index in [0.717, 1.165) is 16.5 Å². The van der Waals surface area contributed by atoms with Crippen molar-refractivity contribution in [3.05, 3.63) is 57.4 Å². The predicted molar refractivity (Wildman–Crippen MR) is 139 cm³/mol. The van der Waals surface area contributed by atoms with E-state index in [1.54, 1.807) is 11.5 Å². The van der Waals surface area contributed by atoms with Crippen molar-refractivity contribution in [2.75, 3.05) is 6.23 Å². The fourth-order valence-corrected chi connectivity index (χ4v) is 6.85. The molecule has 8 nitrogen and oxygen atoms in total. The lowest BCUT2D eigenvalue weighted by Gasteiger charge is -2.37. The average molecular weight is 509 g/mol. The molecule has 2 unspecified atom stereocenters. The number of cyclic esters (lactones) is 1. The summed E-state index contributed by atoms with van der Waals surface area (Å²) in [6.45, 7) is 9.93. The normalized spacial score (nSPS) is 20.4. The number of hydrogen-bond donors (Lipinski definition) is 2. The Balaban J connectivity index is 1.80. The van der Waals surface area contributed by atoms with E-state index in [2.05, 4.69) is 20.0 Å². The molecule has 9 heteroatoms. The Morgan fingerprint density at radius 3 is 2.67 bits per heavy atom. The number of aliphatic hydroxyl groups excluding tert-OH is 1. The second-order valence-corrected chi connectivity index (χ2v) is 15.9. The van der Waals surface area contributed by atoms with Crippen LogP contribution in [0, 0.1) is 0 Å². The first-order chi connectivity index (χ1) is 17.0. The molecule has 0 amide bonds. The van der Waals surface area contributed by atoms with Gasteiger partial charge in [-0.25, -0.2) is 9.78 Å². The van der Waals surface area contributed by atoms with Gasteiger partial charge in [-0.1, -0.05) is 45.1 Å². The Hall–Kier alpha value is -3.01. The van der Waals surface area contributed by atoms with Gasteiger partial charge in [0.05, 0.1) is 43.1 Å². The minimum atomic E-state index is -2.04. The monoisotopic (exact) mass is 508 g/mol. The van der Waals surface area contributed by atoms with Gasteiger partial charge in [-0.05, 0) is 31.0 Å². The van der Waals surface area contributed by atoms with Crippen molar-refractivity contribution >= 4 is 24.9 Å². The third kappa shape index (κ3) is 3.52. The Bertz CT molecular complexity index is 1450. The molecule has 36 heavy (non-hydrogen) atoms. The number of esters is 1. The molecule has 0 spiro atoms. The molecule has 3 atom stereocenters. The molecule has 5 rings (SSSR count). The summed E-state index contributed by atoms with van der Waals surface area (Å²) in [6, 6.07) is 9.76. The number of benzene rings is 1. The number of nitrogens with zero attached hydrogens (tertiary/aromatic N) is 2. The zero-order valence-electron chi connectivity index (χ0n) is 21.3. The van der Waals surface area contributed by atoms with Gasteiger partial charge < -0.3 is 19.7 Å². The lowest BCUT2D eigenvalue weighted by atomic mass is 9.85. The highest BCUT2D eigenvalue weighted by molar-refractivity contribution is 6.78. The molecule has 1 aromatic carbocycles. The van der Waals surface area contributed by atoms with Crippen molar-refractivity contribution in [3.63, 3.8) is 0 Å². The van der Waals surface area contributed by atoms with Crippen LogP contribution in [-0.4, -0.2) is 46.1 Å². The van der Waals surface area contributed by atoms with Crippen molar-refractivity contribution in [1.82, 2.24) is 9.55 Å². The van der Waals surface area contributed by atoms with Gasteiger partial charge in [0.25, 0.3) is 5.56 Å². The van der Waals surface area contributed by atoms with Gasteiger partial charge in [-0.15, -0.1) is 0 Å². The van der Waals surface area contributed by atoms with Crippen molar-refractivity contribution < 1.29 is 24.5 Å². The van der Waals surface area contributed by atoms with Crippen LogP contribution in [0.15, 0.2) is 35.1 Å². The number of rotatable bonds is 6. The average Bonchev–Trinajstić information content (AvgIpc) is 3.24. The first-order valence-corrected chi connectivity index (χ1v) is 15.7. The number of hydrogen-bond acceptors (Lipinski definition) is 7. The highest BCUT2D eigenvalue weighted by Crippen LogP contribution is 2.47. The van der Waals surface area contributed by atoms with Crippen LogP contribution in [0.4, 0.5) is 0 Å². The van der Waals surface area contributed by atoms with Crippen LogP contribution in [0.5, 0.6) is 5.75 Å². The molecule has 0 saturated carbocycles. The fourth-order valence-electron chi connectivity index (χ4n) is 5.22. The van der Waals surface area contributed by atoms with E-state index in [-0.39, 0.29) is 47.6 Å². The molecule has 2 N–H and O–H groups in total. The van der Waals surface area contributed by atoms with Gasteiger partial charge in [0, 0.05) is 17.2 Å². The maximum atomic E-state index is 13.7. The highest BCUT2D eigenvalue weighted by atomic mass is 28.3. The summed E-state index contributed by atoms with van der Waals surface area (Å²) >= 11 is 0. The Labute approximate surface area is 210 Å². The number of ether oxygens (including phenoxy) is 2. The molecule has 4 heterocycles. The van der Waals surface area contributed by atoms with Gasteiger partial charge in [-0.2, -0.15) is 0 Å². The number of aliphatic hydroxyl groups is 2. The number of fused-ring (bicyclic) bond motifs is 5. The molecule has 0 radical (unpaired) electrons. The highest BCUT2D eigenvalue weighted by Gasteiger charge is 2.49. The SMILES string of the molecule is CC[C@@]1(O)C(=O)OCc2c1c(OC(C)C(C)[Si](C)(C)CO)c1n(c2=O)Cc2cc3ccccc3nc2-1. The van der Waals surface area contributed by atoms with E-state index in [0.29, 0.717) is 23.7 Å². The molecule has 190 valence electrons. The summed E-state index contributed by atoms with van der Waals surface area (Å²) in [7, 11) is -2.04. The van der Waals surface area contributed by atoms with Crippen LogP contribution in [0.1, 0.15) is 43.9 Å². The van der Waals surface area contributed by atoms with Gasteiger partial charge in [0.15, 0.2) is 11.4 Å². The summed E-state index contributed by atoms with van der Waals surface area (Å²) in [4.78, 5) is 31.4. The number of aromatic nitrogens is 2. The van der Waals surface area contributed by atoms with Gasteiger partial charge in [0.2, 0.25) is 0 Å². The topological polar surface area (TPSA) is 111 Å². The van der Waals surface area contributed by atoms with Crippen molar-refractivity contribution in [1.29, 1.82) is 0 Å². The van der Waals surface area contributed by atoms with E-state index in [4.69, 9.17) is 14.5 Å². The van der Waals surface area contributed by atoms with E-state index in [1.165, 1.54) is 0 Å². The van der Waals surface area contributed by atoms with E-state index in [9.17, 15) is 19.8 Å². The molecular weight excluding hydrogens is 476 g/mol. The van der Waals surface area contributed by atoms with Crippen molar-refractivity contribution in [2.45, 2.75) is 70.7 Å². The number of para-hydroxylation sites is 1. The molecular formula is C27H32N2O6Si. The van der Waals surface area contributed by atoms with Crippen LogP contribution in [-0.2, 0) is 28.3 Å². The second-order valence-electron chi connectivity index (χ2n) is 10.7. The van der Waals surface area contributed by atoms with Crippen LogP contribution in [0.3, 0.4) is 0 Å². The van der Waals surface area contributed by atoms with Gasteiger partial charge in [0.1, 0.15) is 12.3 Å². The van der Waals surface area contributed by atoms with Gasteiger partial charge in [-0.3, -0.25) is 9.36 Å². The maximum Gasteiger partial charge on any atom is 0.343 e. The third-order valence-electron chi connectivity index (χ3n) is 8.13. The first kappa shape index (κ1) is 24.7. The molecule has 2 aliphatic rings. The second kappa shape index (κ2) is 8.54. The lowest BCUT2D eigenvalue weighted by molar-refractivity contribution is -0.172. The lowest BCUT2D eigenvalue weighted by Crippen LogP contribution is -2.46. The van der Waals surface area contributed by atoms with Crippen molar-refractivity contribution in [3.8, 4) is 17.1 Å². The first-order valence-electron chi connectivity index (χ1n) is 12.4. The Morgan fingerprint density at radius 1 is 1.25 bits per heavy atom.